The molecule has 2 saturated heterocycles. The topological polar surface area (TPSA) is 85.9 Å². The van der Waals surface area contributed by atoms with Crippen LogP contribution in [0.15, 0.2) is 12.5 Å². The molecular formula is C22H38N2O5. The summed E-state index contributed by atoms with van der Waals surface area (Å²) in [5.74, 6) is -0.985. The molecule has 0 spiro atoms. The fraction of sp³-hybridized carbons (Fsp3) is 0.818. The number of Topliss-reactive ketones (excluding diaryl/α,β-unsaturated/α-hetero) is 1. The van der Waals surface area contributed by atoms with Crippen LogP contribution in [0.5, 0.6) is 0 Å². The standard InChI is InChI=1S/C22H38N2O5/c1-13-9-21(6,27-8)10-14(2)18(25)15(3)20(26)28-12-22(7)19(16(4)23-11-13)24-17(5)29-22/h13-16,19,23-24H,5,9-12H2,1-4,6-8H3/t13-,14-,15?,16?,19?,21-,22-/m1/s1. The van der Waals surface area contributed by atoms with Gasteiger partial charge in [-0.2, -0.15) is 0 Å². The van der Waals surface area contributed by atoms with Crippen molar-refractivity contribution in [3.8, 4) is 0 Å². The van der Waals surface area contributed by atoms with Gasteiger partial charge in [0.1, 0.15) is 18.3 Å². The van der Waals surface area contributed by atoms with Crippen molar-refractivity contribution in [2.45, 2.75) is 77.7 Å². The molecule has 2 rings (SSSR count). The second kappa shape index (κ2) is 9.04. The Labute approximate surface area is 174 Å². The van der Waals surface area contributed by atoms with E-state index >= 15 is 0 Å². The Morgan fingerprint density at radius 2 is 1.79 bits per heavy atom. The molecule has 166 valence electrons. The van der Waals surface area contributed by atoms with E-state index in [4.69, 9.17) is 14.2 Å². The highest BCUT2D eigenvalue weighted by molar-refractivity contribution is 5.99. The molecule has 0 aromatic rings. The van der Waals surface area contributed by atoms with Crippen molar-refractivity contribution in [1.29, 1.82) is 0 Å². The summed E-state index contributed by atoms with van der Waals surface area (Å²) in [6.07, 6.45) is 1.36. The third kappa shape index (κ3) is 5.51. The molecule has 0 saturated carbocycles. The molecule has 0 amide bonds. The number of hydrogen-bond donors (Lipinski definition) is 2. The minimum atomic E-state index is -0.830. The van der Waals surface area contributed by atoms with Gasteiger partial charge in [-0.25, -0.2) is 0 Å². The average molecular weight is 411 g/mol. The van der Waals surface area contributed by atoms with E-state index in [2.05, 4.69) is 31.1 Å². The van der Waals surface area contributed by atoms with Crippen LogP contribution in [0.25, 0.3) is 0 Å². The van der Waals surface area contributed by atoms with Crippen molar-refractivity contribution in [2.75, 3.05) is 20.3 Å². The van der Waals surface area contributed by atoms with Gasteiger partial charge in [0.2, 0.25) is 0 Å². The molecule has 0 radical (unpaired) electrons. The van der Waals surface area contributed by atoms with Gasteiger partial charge in [-0.1, -0.05) is 13.8 Å². The number of ketones is 1. The maximum atomic E-state index is 12.9. The van der Waals surface area contributed by atoms with Crippen LogP contribution in [-0.4, -0.2) is 55.3 Å². The minimum absolute atomic E-state index is 0.0475. The maximum absolute atomic E-state index is 12.9. The van der Waals surface area contributed by atoms with Gasteiger partial charge in [-0.3, -0.25) is 9.59 Å². The van der Waals surface area contributed by atoms with E-state index < -0.39 is 23.1 Å². The number of fused-ring (bicyclic) bond motifs is 1. The molecule has 2 aliphatic heterocycles. The number of rotatable bonds is 1. The molecule has 2 heterocycles. The van der Waals surface area contributed by atoms with Crippen molar-refractivity contribution in [3.05, 3.63) is 12.5 Å². The van der Waals surface area contributed by atoms with Crippen LogP contribution in [0.3, 0.4) is 0 Å². The van der Waals surface area contributed by atoms with Crippen molar-refractivity contribution < 1.29 is 23.8 Å². The predicted octanol–water partition coefficient (Wildman–Crippen LogP) is 2.40. The molecule has 2 fully saturated rings. The number of carbonyl (C=O) groups excluding carboxylic acids is 2. The first-order valence-corrected chi connectivity index (χ1v) is 10.5. The van der Waals surface area contributed by atoms with Crippen molar-refractivity contribution in [3.63, 3.8) is 0 Å². The van der Waals surface area contributed by atoms with Gasteiger partial charge in [0.05, 0.1) is 11.6 Å². The summed E-state index contributed by atoms with van der Waals surface area (Å²) in [6, 6.07) is -0.0730. The van der Waals surface area contributed by atoms with Crippen molar-refractivity contribution >= 4 is 11.8 Å². The minimum Gasteiger partial charge on any atom is -0.468 e. The lowest BCUT2D eigenvalue weighted by atomic mass is 9.81. The number of cyclic esters (lactones) is 1. The fourth-order valence-electron chi connectivity index (χ4n) is 4.67. The van der Waals surface area contributed by atoms with Crippen LogP contribution < -0.4 is 10.6 Å². The van der Waals surface area contributed by atoms with Crippen LogP contribution in [0.1, 0.15) is 54.4 Å². The molecule has 0 aliphatic carbocycles. The molecule has 7 nitrogen and oxygen atoms in total. The summed E-state index contributed by atoms with van der Waals surface area (Å²) in [4.78, 5) is 25.5. The summed E-state index contributed by atoms with van der Waals surface area (Å²) in [6.45, 7) is 16.4. The normalized spacial score (nSPS) is 42.7. The largest absolute Gasteiger partial charge is 0.468 e. The van der Waals surface area contributed by atoms with Gasteiger partial charge in [0.15, 0.2) is 11.5 Å². The van der Waals surface area contributed by atoms with Gasteiger partial charge in [-0.15, -0.1) is 0 Å². The highest BCUT2D eigenvalue weighted by Gasteiger charge is 2.47. The van der Waals surface area contributed by atoms with Gasteiger partial charge >= 0.3 is 5.97 Å². The number of carbonyl (C=O) groups is 2. The molecular weight excluding hydrogens is 372 g/mol. The second-order valence-corrected chi connectivity index (χ2v) is 9.46. The molecule has 29 heavy (non-hydrogen) atoms. The molecule has 2 aliphatic rings. The lowest BCUT2D eigenvalue weighted by Crippen LogP contribution is -2.56. The van der Waals surface area contributed by atoms with Crippen LogP contribution in [0.2, 0.25) is 0 Å². The van der Waals surface area contributed by atoms with E-state index in [0.717, 1.165) is 13.0 Å². The Morgan fingerprint density at radius 1 is 1.14 bits per heavy atom. The number of esters is 1. The number of hydrogen-bond acceptors (Lipinski definition) is 7. The van der Waals surface area contributed by atoms with Crippen molar-refractivity contribution in [1.82, 2.24) is 10.6 Å². The lowest BCUT2D eigenvalue weighted by Gasteiger charge is -2.35. The highest BCUT2D eigenvalue weighted by Crippen LogP contribution is 2.32. The summed E-state index contributed by atoms with van der Waals surface area (Å²) >= 11 is 0. The summed E-state index contributed by atoms with van der Waals surface area (Å²) < 4.78 is 17.2. The molecule has 0 aromatic carbocycles. The molecule has 7 heteroatoms. The molecule has 0 bridgehead atoms. The summed E-state index contributed by atoms with van der Waals surface area (Å²) in [5, 5.41) is 6.83. The summed E-state index contributed by atoms with van der Waals surface area (Å²) in [5.41, 5.74) is -1.21. The van der Waals surface area contributed by atoms with Crippen LogP contribution >= 0.6 is 0 Å². The zero-order valence-corrected chi connectivity index (χ0v) is 19.0. The maximum Gasteiger partial charge on any atom is 0.316 e. The van der Waals surface area contributed by atoms with Gasteiger partial charge in [0.25, 0.3) is 0 Å². The summed E-state index contributed by atoms with van der Waals surface area (Å²) in [7, 11) is 1.68. The Balaban J connectivity index is 2.29. The van der Waals surface area contributed by atoms with E-state index in [1.807, 2.05) is 20.8 Å². The third-order valence-electron chi connectivity index (χ3n) is 6.40. The van der Waals surface area contributed by atoms with Crippen LogP contribution in [0.4, 0.5) is 0 Å². The molecule has 7 atom stereocenters. The highest BCUT2D eigenvalue weighted by atomic mass is 16.6. The smallest absolute Gasteiger partial charge is 0.316 e. The Hall–Kier alpha value is -1.60. The van der Waals surface area contributed by atoms with Gasteiger partial charge in [0, 0.05) is 19.1 Å². The molecule has 2 N–H and O–H groups in total. The third-order valence-corrected chi connectivity index (χ3v) is 6.40. The quantitative estimate of drug-likeness (QED) is 0.507. The number of methoxy groups -OCH3 is 1. The van der Waals surface area contributed by atoms with E-state index in [0.29, 0.717) is 18.2 Å². The Morgan fingerprint density at radius 3 is 2.41 bits per heavy atom. The van der Waals surface area contributed by atoms with Crippen LogP contribution in [0, 0.1) is 17.8 Å². The zero-order valence-electron chi connectivity index (χ0n) is 19.0. The number of ether oxygens (including phenoxy) is 3. The predicted molar refractivity (Wildman–Crippen MR) is 111 cm³/mol. The van der Waals surface area contributed by atoms with E-state index in [1.54, 1.807) is 14.0 Å². The van der Waals surface area contributed by atoms with Gasteiger partial charge < -0.3 is 24.8 Å². The Kier molecular flexibility index (Phi) is 7.38. The first-order valence-electron chi connectivity index (χ1n) is 10.5. The molecule has 3 unspecified atom stereocenters. The van der Waals surface area contributed by atoms with Crippen LogP contribution in [-0.2, 0) is 23.8 Å². The second-order valence-electron chi connectivity index (χ2n) is 9.46. The van der Waals surface area contributed by atoms with Crippen molar-refractivity contribution in [2.24, 2.45) is 17.8 Å². The average Bonchev–Trinajstić information content (AvgIpc) is 2.96. The fourth-order valence-corrected chi connectivity index (χ4v) is 4.67. The zero-order chi connectivity index (χ0) is 22.0. The molecule has 0 aromatic heterocycles. The first-order chi connectivity index (χ1) is 13.4. The Bertz CT molecular complexity index is 639. The van der Waals surface area contributed by atoms with E-state index in [-0.39, 0.29) is 30.4 Å². The van der Waals surface area contributed by atoms with E-state index in [1.165, 1.54) is 0 Å². The number of nitrogens with one attached hydrogen (secondary N) is 2. The monoisotopic (exact) mass is 410 g/mol. The first kappa shape index (κ1) is 23.7. The van der Waals surface area contributed by atoms with Gasteiger partial charge in [-0.05, 0) is 59.6 Å². The SMILES string of the molecule is C=C1NC2C(C)NC[C@H](C)C[C@@](C)(OC)C[C@@H](C)C(=O)C(C)C(=O)OC[C@@]2(C)O1. The van der Waals surface area contributed by atoms with E-state index in [9.17, 15) is 9.59 Å². The lowest BCUT2D eigenvalue weighted by molar-refractivity contribution is -0.158.